The van der Waals surface area contributed by atoms with Crippen molar-refractivity contribution in [3.8, 4) is 0 Å². The maximum atomic E-state index is 5.25. The summed E-state index contributed by atoms with van der Waals surface area (Å²) in [5, 5.41) is 4.37. The van der Waals surface area contributed by atoms with Crippen LogP contribution in [-0.2, 0) is 0 Å². The van der Waals surface area contributed by atoms with Gasteiger partial charge in [-0.3, -0.25) is 5.43 Å². The largest absolute Gasteiger partial charge is 0.375 e. The summed E-state index contributed by atoms with van der Waals surface area (Å²) in [7, 11) is 0. The van der Waals surface area contributed by atoms with Gasteiger partial charge in [-0.1, -0.05) is 13.3 Å². The normalized spacial score (nSPS) is 26.1. The highest BCUT2D eigenvalue weighted by molar-refractivity contribution is 7.80. The van der Waals surface area contributed by atoms with Crippen LogP contribution in [0.25, 0.3) is 0 Å². The van der Waals surface area contributed by atoms with Crippen molar-refractivity contribution in [2.24, 2.45) is 16.8 Å². The average Bonchev–Trinajstić information content (AvgIpc) is 2.48. The van der Waals surface area contributed by atoms with E-state index in [0.29, 0.717) is 0 Å². The quantitative estimate of drug-likeness (QED) is 0.505. The predicted molar refractivity (Wildman–Crippen MR) is 55.0 cm³/mol. The summed E-state index contributed by atoms with van der Waals surface area (Å²) >= 11 is 4.65. The van der Waals surface area contributed by atoms with Gasteiger partial charge in [-0.15, -0.1) is 0 Å². The summed E-state index contributed by atoms with van der Waals surface area (Å²) in [6, 6.07) is 0. The van der Waals surface area contributed by atoms with Crippen molar-refractivity contribution in [1.82, 2.24) is 5.43 Å². The number of nitrogens with zero attached hydrogens (tertiary/aromatic N) is 1. The first kappa shape index (κ1) is 9.45. The summed E-state index contributed by atoms with van der Waals surface area (Å²) in [5.41, 5.74) is 9.08. The van der Waals surface area contributed by atoms with E-state index >= 15 is 0 Å². The van der Waals surface area contributed by atoms with Crippen molar-refractivity contribution in [1.29, 1.82) is 0 Å². The molecule has 1 aliphatic rings. The van der Waals surface area contributed by atoms with E-state index in [2.05, 4.69) is 29.7 Å². The molecule has 0 aromatic rings. The summed E-state index contributed by atoms with van der Waals surface area (Å²) in [5.74, 6) is 0.817. The maximum absolute atomic E-state index is 5.25. The Balaban J connectivity index is 2.35. The molecule has 3 nitrogen and oxygen atoms in total. The average molecular weight is 185 g/mol. The molecular weight excluding hydrogens is 170 g/mol. The summed E-state index contributed by atoms with van der Waals surface area (Å²) < 4.78 is 0. The number of rotatable bonds is 2. The zero-order valence-electron chi connectivity index (χ0n) is 7.34. The molecule has 0 bridgehead atoms. The lowest BCUT2D eigenvalue weighted by molar-refractivity contribution is 0.540. The van der Waals surface area contributed by atoms with E-state index in [4.69, 9.17) is 5.73 Å². The van der Waals surface area contributed by atoms with Gasteiger partial charge in [0.25, 0.3) is 0 Å². The Kier molecular flexibility index (Phi) is 3.47. The predicted octanol–water partition coefficient (Wildman–Crippen LogP) is 1.39. The molecule has 1 saturated carbocycles. The van der Waals surface area contributed by atoms with E-state index in [1.54, 1.807) is 0 Å². The van der Waals surface area contributed by atoms with Crippen molar-refractivity contribution in [2.45, 2.75) is 32.6 Å². The minimum absolute atomic E-state index is 0.252. The molecule has 0 saturated heterocycles. The fourth-order valence-corrected chi connectivity index (χ4v) is 1.54. The molecule has 0 spiro atoms. The number of hydrazone groups is 1. The smallest absolute Gasteiger partial charge is 0.184 e. The van der Waals surface area contributed by atoms with E-state index in [1.807, 2.05) is 0 Å². The van der Waals surface area contributed by atoms with E-state index in [1.165, 1.54) is 18.6 Å². The first-order valence-electron chi connectivity index (χ1n) is 4.33. The lowest BCUT2D eigenvalue weighted by atomic mass is 10.1. The molecule has 0 aliphatic heterocycles. The van der Waals surface area contributed by atoms with Crippen molar-refractivity contribution in [3.63, 3.8) is 0 Å². The van der Waals surface area contributed by atoms with Gasteiger partial charge in [0.15, 0.2) is 5.11 Å². The standard InChI is InChI=1S/C8H15N3S/c1-2-6-3-4-7(5-6)10-11-8(9)12/h6H,2-5H2,1H3,(H3,9,11,12). The van der Waals surface area contributed by atoms with Crippen molar-refractivity contribution in [2.75, 3.05) is 0 Å². The molecule has 0 heterocycles. The Bertz CT molecular complexity index is 200. The molecule has 0 aromatic carbocycles. The van der Waals surface area contributed by atoms with Crippen LogP contribution in [0.2, 0.25) is 0 Å². The third kappa shape index (κ3) is 2.77. The van der Waals surface area contributed by atoms with Gasteiger partial charge in [-0.25, -0.2) is 0 Å². The highest BCUT2D eigenvalue weighted by atomic mass is 32.1. The van der Waals surface area contributed by atoms with Crippen LogP contribution in [0.1, 0.15) is 32.6 Å². The first-order valence-corrected chi connectivity index (χ1v) is 4.74. The molecule has 0 aromatic heterocycles. The van der Waals surface area contributed by atoms with Crippen molar-refractivity contribution >= 4 is 23.0 Å². The summed E-state index contributed by atoms with van der Waals surface area (Å²) in [4.78, 5) is 0. The molecular formula is C8H15N3S. The number of nitrogens with one attached hydrogen (secondary N) is 1. The van der Waals surface area contributed by atoms with Gasteiger partial charge in [-0.2, -0.15) is 5.10 Å². The van der Waals surface area contributed by atoms with Crippen LogP contribution in [0.4, 0.5) is 0 Å². The van der Waals surface area contributed by atoms with Crippen molar-refractivity contribution < 1.29 is 0 Å². The fraction of sp³-hybridized carbons (Fsp3) is 0.750. The van der Waals surface area contributed by atoms with Gasteiger partial charge in [0.1, 0.15) is 0 Å². The lowest BCUT2D eigenvalue weighted by Gasteiger charge is -2.01. The second-order valence-corrected chi connectivity index (χ2v) is 3.61. The Morgan fingerprint density at radius 3 is 3.08 bits per heavy atom. The SMILES string of the molecule is CCC1CCC(=NNC(N)=S)C1. The molecule has 1 rings (SSSR count). The molecule has 0 radical (unpaired) electrons. The van der Waals surface area contributed by atoms with Crippen LogP contribution < -0.4 is 11.2 Å². The van der Waals surface area contributed by atoms with Gasteiger partial charge in [-0.05, 0) is 37.4 Å². The third-order valence-corrected chi connectivity index (χ3v) is 2.36. The number of hydrogen-bond donors (Lipinski definition) is 2. The summed E-state index contributed by atoms with van der Waals surface area (Å²) in [6.45, 7) is 2.22. The molecule has 1 aliphatic carbocycles. The first-order chi connectivity index (χ1) is 5.72. The monoisotopic (exact) mass is 185 g/mol. The zero-order valence-corrected chi connectivity index (χ0v) is 8.16. The molecule has 68 valence electrons. The second-order valence-electron chi connectivity index (χ2n) is 3.17. The second kappa shape index (κ2) is 4.40. The molecule has 4 heteroatoms. The molecule has 1 atom stereocenters. The summed E-state index contributed by atoms with van der Waals surface area (Å²) in [6.07, 6.45) is 4.70. The maximum Gasteiger partial charge on any atom is 0.184 e. The van der Waals surface area contributed by atoms with E-state index in [9.17, 15) is 0 Å². The highest BCUT2D eigenvalue weighted by Crippen LogP contribution is 2.25. The third-order valence-electron chi connectivity index (χ3n) is 2.27. The Hall–Kier alpha value is -0.640. The number of hydrogen-bond acceptors (Lipinski definition) is 2. The molecule has 0 amide bonds. The Morgan fingerprint density at radius 2 is 2.58 bits per heavy atom. The van der Waals surface area contributed by atoms with E-state index < -0.39 is 0 Å². The van der Waals surface area contributed by atoms with Gasteiger partial charge in [0, 0.05) is 5.71 Å². The van der Waals surface area contributed by atoms with E-state index in [0.717, 1.165) is 18.8 Å². The van der Waals surface area contributed by atoms with E-state index in [-0.39, 0.29) is 5.11 Å². The van der Waals surface area contributed by atoms with Gasteiger partial charge in [0.05, 0.1) is 0 Å². The Labute approximate surface area is 78.4 Å². The molecule has 12 heavy (non-hydrogen) atoms. The minimum Gasteiger partial charge on any atom is -0.375 e. The van der Waals surface area contributed by atoms with Crippen LogP contribution in [0.5, 0.6) is 0 Å². The Morgan fingerprint density at radius 1 is 1.83 bits per heavy atom. The van der Waals surface area contributed by atoms with Crippen LogP contribution in [0.3, 0.4) is 0 Å². The number of nitrogens with two attached hydrogens (primary N) is 1. The fourth-order valence-electron chi connectivity index (χ4n) is 1.49. The minimum atomic E-state index is 0.252. The lowest BCUT2D eigenvalue weighted by Crippen LogP contribution is -2.25. The molecule has 1 fully saturated rings. The number of thiocarbonyl (C=S) groups is 1. The van der Waals surface area contributed by atoms with Crippen LogP contribution in [-0.4, -0.2) is 10.8 Å². The zero-order chi connectivity index (χ0) is 8.97. The van der Waals surface area contributed by atoms with Crippen molar-refractivity contribution in [3.05, 3.63) is 0 Å². The highest BCUT2D eigenvalue weighted by Gasteiger charge is 2.18. The van der Waals surface area contributed by atoms with Crippen LogP contribution >= 0.6 is 12.2 Å². The van der Waals surface area contributed by atoms with Gasteiger partial charge < -0.3 is 5.73 Å². The van der Waals surface area contributed by atoms with Crippen LogP contribution in [0, 0.1) is 5.92 Å². The molecule has 1 unspecified atom stereocenters. The van der Waals surface area contributed by atoms with Gasteiger partial charge in [0.2, 0.25) is 0 Å². The van der Waals surface area contributed by atoms with Gasteiger partial charge >= 0.3 is 0 Å². The van der Waals surface area contributed by atoms with Crippen LogP contribution in [0.15, 0.2) is 5.10 Å². The molecule has 3 N–H and O–H groups in total. The topological polar surface area (TPSA) is 50.4 Å².